The number of ether oxygens (including phenoxy) is 1. The van der Waals surface area contributed by atoms with Crippen LogP contribution in [0.5, 0.6) is 5.75 Å². The number of fused-ring (bicyclic) bond motifs is 1. The molecule has 21 heavy (non-hydrogen) atoms. The zero-order valence-corrected chi connectivity index (χ0v) is 11.5. The molecular formula is C17H15FN2O. The van der Waals surface area contributed by atoms with E-state index in [4.69, 9.17) is 10.00 Å². The molecule has 1 unspecified atom stereocenters. The predicted molar refractivity (Wildman–Crippen MR) is 78.9 cm³/mol. The molecule has 0 spiro atoms. The van der Waals surface area contributed by atoms with Gasteiger partial charge in [-0.25, -0.2) is 4.39 Å². The van der Waals surface area contributed by atoms with Crippen molar-refractivity contribution in [1.29, 1.82) is 5.26 Å². The van der Waals surface area contributed by atoms with Crippen LogP contribution < -0.4 is 10.1 Å². The van der Waals surface area contributed by atoms with Crippen LogP contribution in [0.2, 0.25) is 0 Å². The molecule has 1 atom stereocenters. The second-order valence-electron chi connectivity index (χ2n) is 5.03. The van der Waals surface area contributed by atoms with E-state index in [0.29, 0.717) is 24.8 Å². The molecule has 1 N–H and O–H groups in total. The fraction of sp³-hybridized carbons (Fsp3) is 0.235. The molecule has 0 amide bonds. The van der Waals surface area contributed by atoms with Crippen LogP contribution in [0.1, 0.15) is 23.5 Å². The summed E-state index contributed by atoms with van der Waals surface area (Å²) in [6, 6.07) is 14.5. The molecule has 1 heterocycles. The van der Waals surface area contributed by atoms with Crippen molar-refractivity contribution in [2.24, 2.45) is 0 Å². The Labute approximate surface area is 123 Å². The Hall–Kier alpha value is -2.54. The minimum atomic E-state index is -0.491. The molecule has 0 fully saturated rings. The van der Waals surface area contributed by atoms with E-state index in [1.165, 1.54) is 6.07 Å². The van der Waals surface area contributed by atoms with Gasteiger partial charge in [0, 0.05) is 12.5 Å². The lowest BCUT2D eigenvalue weighted by Crippen LogP contribution is -2.21. The number of benzene rings is 2. The van der Waals surface area contributed by atoms with Crippen LogP contribution in [-0.4, -0.2) is 13.2 Å². The fourth-order valence-corrected chi connectivity index (χ4v) is 2.65. The lowest BCUT2D eigenvalue weighted by molar-refractivity contribution is 0.270. The number of nitrogens with zero attached hydrogens (tertiary/aromatic N) is 1. The first-order valence-corrected chi connectivity index (χ1v) is 6.94. The highest BCUT2D eigenvalue weighted by Crippen LogP contribution is 2.33. The van der Waals surface area contributed by atoms with Crippen LogP contribution in [0.4, 0.5) is 10.1 Å². The van der Waals surface area contributed by atoms with E-state index in [0.717, 1.165) is 17.7 Å². The van der Waals surface area contributed by atoms with Crippen molar-refractivity contribution >= 4 is 5.69 Å². The summed E-state index contributed by atoms with van der Waals surface area (Å²) in [6.45, 7) is 1.33. The molecule has 3 nitrogen and oxygen atoms in total. The minimum Gasteiger partial charge on any atom is -0.493 e. The highest BCUT2D eigenvalue weighted by Gasteiger charge is 2.21. The third-order valence-electron chi connectivity index (χ3n) is 3.75. The maximum Gasteiger partial charge on any atom is 0.143 e. The quantitative estimate of drug-likeness (QED) is 0.934. The monoisotopic (exact) mass is 282 g/mol. The molecule has 0 radical (unpaired) electrons. The summed E-state index contributed by atoms with van der Waals surface area (Å²) >= 11 is 0. The van der Waals surface area contributed by atoms with Crippen LogP contribution in [-0.2, 0) is 0 Å². The Morgan fingerprint density at radius 1 is 1.24 bits per heavy atom. The first kappa shape index (κ1) is 13.4. The van der Waals surface area contributed by atoms with Gasteiger partial charge in [-0.2, -0.15) is 5.26 Å². The van der Waals surface area contributed by atoms with Crippen molar-refractivity contribution in [1.82, 2.24) is 0 Å². The Bertz CT molecular complexity index is 693. The summed E-state index contributed by atoms with van der Waals surface area (Å²) in [5, 5.41) is 12.2. The van der Waals surface area contributed by atoms with Gasteiger partial charge in [0.1, 0.15) is 23.2 Å². The molecule has 1 aliphatic rings. The van der Waals surface area contributed by atoms with Crippen LogP contribution in [0, 0.1) is 17.1 Å². The molecular weight excluding hydrogens is 267 g/mol. The molecule has 0 aliphatic carbocycles. The fourth-order valence-electron chi connectivity index (χ4n) is 2.65. The summed E-state index contributed by atoms with van der Waals surface area (Å²) in [6.07, 6.45) is 0.904. The second kappa shape index (κ2) is 5.84. The average molecular weight is 282 g/mol. The smallest absolute Gasteiger partial charge is 0.143 e. The Balaban J connectivity index is 1.78. The van der Waals surface area contributed by atoms with Crippen LogP contribution >= 0.6 is 0 Å². The molecule has 0 saturated carbocycles. The van der Waals surface area contributed by atoms with Gasteiger partial charge in [-0.05, 0) is 30.2 Å². The lowest BCUT2D eigenvalue weighted by atomic mass is 9.93. The number of nitriles is 1. The van der Waals surface area contributed by atoms with Gasteiger partial charge >= 0.3 is 0 Å². The molecule has 2 aromatic rings. The zero-order chi connectivity index (χ0) is 14.7. The number of rotatable bonds is 3. The van der Waals surface area contributed by atoms with Gasteiger partial charge in [0.2, 0.25) is 0 Å². The second-order valence-corrected chi connectivity index (χ2v) is 5.03. The van der Waals surface area contributed by atoms with Crippen LogP contribution in [0.15, 0.2) is 42.5 Å². The van der Waals surface area contributed by atoms with Crippen molar-refractivity contribution < 1.29 is 9.13 Å². The van der Waals surface area contributed by atoms with E-state index in [2.05, 4.69) is 11.4 Å². The van der Waals surface area contributed by atoms with Crippen molar-refractivity contribution in [3.8, 4) is 11.8 Å². The van der Waals surface area contributed by atoms with Gasteiger partial charge < -0.3 is 10.1 Å². The molecule has 3 rings (SSSR count). The highest BCUT2D eigenvalue weighted by atomic mass is 19.1. The van der Waals surface area contributed by atoms with Crippen molar-refractivity contribution in [3.63, 3.8) is 0 Å². The maximum absolute atomic E-state index is 13.6. The third kappa shape index (κ3) is 2.68. The molecule has 0 saturated heterocycles. The molecule has 106 valence electrons. The molecule has 4 heteroatoms. The summed E-state index contributed by atoms with van der Waals surface area (Å²) in [7, 11) is 0. The van der Waals surface area contributed by atoms with Crippen LogP contribution in [0.25, 0.3) is 0 Å². The van der Waals surface area contributed by atoms with E-state index in [9.17, 15) is 4.39 Å². The SMILES string of the molecule is N#Cc1c(F)cccc1NCC1CCOc2ccccc21. The highest BCUT2D eigenvalue weighted by molar-refractivity contribution is 5.58. The maximum atomic E-state index is 13.6. The zero-order valence-electron chi connectivity index (χ0n) is 11.5. The summed E-state index contributed by atoms with van der Waals surface area (Å²) < 4.78 is 19.2. The number of hydrogen-bond acceptors (Lipinski definition) is 3. The van der Waals surface area contributed by atoms with Gasteiger partial charge in [0.15, 0.2) is 0 Å². The Kier molecular flexibility index (Phi) is 3.74. The van der Waals surface area contributed by atoms with Crippen molar-refractivity contribution in [2.75, 3.05) is 18.5 Å². The van der Waals surface area contributed by atoms with Crippen molar-refractivity contribution in [3.05, 3.63) is 59.4 Å². The predicted octanol–water partition coefficient (Wildman–Crippen LogP) is 3.68. The third-order valence-corrected chi connectivity index (χ3v) is 3.75. The molecule has 1 aliphatic heterocycles. The lowest BCUT2D eigenvalue weighted by Gasteiger charge is -2.26. The largest absolute Gasteiger partial charge is 0.493 e. The number of nitrogens with one attached hydrogen (secondary N) is 1. The summed E-state index contributed by atoms with van der Waals surface area (Å²) in [5.74, 6) is 0.718. The van der Waals surface area contributed by atoms with Gasteiger partial charge in [-0.15, -0.1) is 0 Å². The minimum absolute atomic E-state index is 0.0674. The van der Waals surface area contributed by atoms with E-state index < -0.39 is 5.82 Å². The normalized spacial score (nSPS) is 16.5. The van der Waals surface area contributed by atoms with Crippen molar-refractivity contribution in [2.45, 2.75) is 12.3 Å². The number of halogens is 1. The summed E-state index contributed by atoms with van der Waals surface area (Å²) in [5.41, 5.74) is 1.77. The van der Waals surface area contributed by atoms with E-state index in [-0.39, 0.29) is 5.56 Å². The number of hydrogen-bond donors (Lipinski definition) is 1. The molecule has 2 aromatic carbocycles. The standard InChI is InChI=1S/C17H15FN2O/c18-15-5-3-6-16(14(15)10-19)20-11-12-8-9-21-17-7-2-1-4-13(12)17/h1-7,12,20H,8-9,11H2. The molecule has 0 aromatic heterocycles. The van der Waals surface area contributed by atoms with Gasteiger partial charge in [-0.3, -0.25) is 0 Å². The first-order valence-electron chi connectivity index (χ1n) is 6.94. The van der Waals surface area contributed by atoms with Crippen LogP contribution in [0.3, 0.4) is 0 Å². The Morgan fingerprint density at radius 3 is 2.95 bits per heavy atom. The van der Waals surface area contributed by atoms with E-state index in [1.807, 2.05) is 24.3 Å². The van der Waals surface area contributed by atoms with E-state index in [1.54, 1.807) is 12.1 Å². The first-order chi connectivity index (χ1) is 10.3. The number of para-hydroxylation sites is 1. The molecule has 0 bridgehead atoms. The van der Waals surface area contributed by atoms with Gasteiger partial charge in [-0.1, -0.05) is 24.3 Å². The number of anilines is 1. The van der Waals surface area contributed by atoms with Gasteiger partial charge in [0.05, 0.1) is 12.3 Å². The Morgan fingerprint density at radius 2 is 2.10 bits per heavy atom. The summed E-state index contributed by atoms with van der Waals surface area (Å²) in [4.78, 5) is 0. The topological polar surface area (TPSA) is 45.0 Å². The van der Waals surface area contributed by atoms with E-state index >= 15 is 0 Å². The van der Waals surface area contributed by atoms with Gasteiger partial charge in [0.25, 0.3) is 0 Å². The average Bonchev–Trinajstić information content (AvgIpc) is 2.53.